The van der Waals surface area contributed by atoms with Crippen LogP contribution in [0.3, 0.4) is 0 Å². The van der Waals surface area contributed by atoms with Gasteiger partial charge < -0.3 is 14.7 Å². The second kappa shape index (κ2) is 5.21. The van der Waals surface area contributed by atoms with E-state index in [0.29, 0.717) is 19.0 Å². The van der Waals surface area contributed by atoms with Crippen LogP contribution in [0.25, 0.3) is 11.1 Å². The molecule has 2 heterocycles. The van der Waals surface area contributed by atoms with Crippen LogP contribution < -0.4 is 4.74 Å². The van der Waals surface area contributed by atoms with Crippen LogP contribution in [-0.4, -0.2) is 40.3 Å². The van der Waals surface area contributed by atoms with Crippen LogP contribution in [0.2, 0.25) is 0 Å². The summed E-state index contributed by atoms with van der Waals surface area (Å²) in [5, 5.41) is 8.73. The molecule has 0 spiro atoms. The van der Waals surface area contributed by atoms with E-state index in [2.05, 4.69) is 4.98 Å². The fourth-order valence-corrected chi connectivity index (χ4v) is 2.09. The summed E-state index contributed by atoms with van der Waals surface area (Å²) >= 11 is 0. The summed E-state index contributed by atoms with van der Waals surface area (Å²) in [4.78, 5) is 16.2. The zero-order valence-corrected chi connectivity index (χ0v) is 10.8. The number of likely N-dealkylation sites (tertiary alicyclic amines) is 1. The smallest absolute Gasteiger partial charge is 0.407 e. The summed E-state index contributed by atoms with van der Waals surface area (Å²) in [6.07, 6.45) is 0.761. The monoisotopic (exact) mass is 270 g/mol. The van der Waals surface area contributed by atoms with Crippen molar-refractivity contribution in [1.29, 1.82) is 0 Å². The van der Waals surface area contributed by atoms with Gasteiger partial charge in [-0.25, -0.2) is 9.78 Å². The van der Waals surface area contributed by atoms with Gasteiger partial charge in [0.05, 0.1) is 13.1 Å². The van der Waals surface area contributed by atoms with Crippen molar-refractivity contribution < 1.29 is 14.6 Å². The van der Waals surface area contributed by atoms with E-state index >= 15 is 0 Å². The third-order valence-corrected chi connectivity index (χ3v) is 3.25. The van der Waals surface area contributed by atoms with Crippen LogP contribution in [0.5, 0.6) is 5.88 Å². The van der Waals surface area contributed by atoms with Crippen molar-refractivity contribution in [2.75, 3.05) is 13.1 Å². The number of pyridine rings is 1. The molecule has 1 saturated heterocycles. The number of hydrogen-bond donors (Lipinski definition) is 1. The van der Waals surface area contributed by atoms with Crippen molar-refractivity contribution in [3.63, 3.8) is 0 Å². The summed E-state index contributed by atoms with van der Waals surface area (Å²) in [5.74, 6) is 0.528. The van der Waals surface area contributed by atoms with Crippen LogP contribution in [0, 0.1) is 0 Å². The first kappa shape index (κ1) is 12.5. The second-order valence-corrected chi connectivity index (χ2v) is 4.68. The molecule has 102 valence electrons. The fourth-order valence-electron chi connectivity index (χ4n) is 2.09. The van der Waals surface area contributed by atoms with Gasteiger partial charge in [0, 0.05) is 17.8 Å². The number of carbonyl (C=O) groups is 1. The first-order chi connectivity index (χ1) is 9.72. The first-order valence-electron chi connectivity index (χ1n) is 6.38. The van der Waals surface area contributed by atoms with E-state index < -0.39 is 6.09 Å². The topological polar surface area (TPSA) is 62.7 Å². The Kier molecular flexibility index (Phi) is 3.25. The van der Waals surface area contributed by atoms with Crippen molar-refractivity contribution in [3.05, 3.63) is 48.7 Å². The normalized spacial score (nSPS) is 14.7. The van der Waals surface area contributed by atoms with E-state index in [9.17, 15) is 4.79 Å². The number of rotatable bonds is 3. The summed E-state index contributed by atoms with van der Waals surface area (Å²) < 4.78 is 5.61. The Morgan fingerprint density at radius 2 is 1.90 bits per heavy atom. The van der Waals surface area contributed by atoms with Crippen LogP contribution >= 0.6 is 0 Å². The predicted octanol–water partition coefficient (Wildman–Crippen LogP) is 2.49. The van der Waals surface area contributed by atoms with Crippen molar-refractivity contribution in [2.45, 2.75) is 6.10 Å². The van der Waals surface area contributed by atoms with E-state index in [0.717, 1.165) is 11.1 Å². The van der Waals surface area contributed by atoms with Crippen LogP contribution in [0.4, 0.5) is 4.79 Å². The molecule has 1 amide bonds. The van der Waals surface area contributed by atoms with E-state index in [-0.39, 0.29) is 6.10 Å². The van der Waals surface area contributed by atoms with Crippen molar-refractivity contribution >= 4 is 6.09 Å². The highest BCUT2D eigenvalue weighted by Gasteiger charge is 2.32. The molecule has 0 unspecified atom stereocenters. The van der Waals surface area contributed by atoms with Gasteiger partial charge in [0.15, 0.2) is 0 Å². The summed E-state index contributed by atoms with van der Waals surface area (Å²) in [7, 11) is 0. The molecule has 20 heavy (non-hydrogen) atoms. The van der Waals surface area contributed by atoms with Crippen LogP contribution in [0.15, 0.2) is 48.7 Å². The Balaban J connectivity index is 1.62. The molecule has 0 bridgehead atoms. The first-order valence-corrected chi connectivity index (χ1v) is 6.38. The van der Waals surface area contributed by atoms with E-state index in [1.807, 2.05) is 42.5 Å². The number of ether oxygens (including phenoxy) is 1. The zero-order chi connectivity index (χ0) is 13.9. The Labute approximate surface area is 116 Å². The maximum atomic E-state index is 10.6. The van der Waals surface area contributed by atoms with Crippen molar-refractivity contribution in [1.82, 2.24) is 9.88 Å². The molecule has 0 atom stereocenters. The lowest BCUT2D eigenvalue weighted by Gasteiger charge is -2.36. The molecule has 5 nitrogen and oxygen atoms in total. The number of aromatic nitrogens is 1. The van der Waals surface area contributed by atoms with E-state index in [1.54, 1.807) is 6.20 Å². The number of benzene rings is 1. The quantitative estimate of drug-likeness (QED) is 0.930. The predicted molar refractivity (Wildman–Crippen MR) is 73.7 cm³/mol. The van der Waals surface area contributed by atoms with Crippen molar-refractivity contribution in [3.8, 4) is 17.0 Å². The molecule has 2 aromatic rings. The zero-order valence-electron chi connectivity index (χ0n) is 10.8. The minimum atomic E-state index is -0.905. The van der Waals surface area contributed by atoms with Gasteiger partial charge in [-0.05, 0) is 11.6 Å². The molecular weight excluding hydrogens is 256 g/mol. The molecule has 1 fully saturated rings. The highest BCUT2D eigenvalue weighted by Crippen LogP contribution is 2.21. The molecule has 0 radical (unpaired) electrons. The largest absolute Gasteiger partial charge is 0.471 e. The van der Waals surface area contributed by atoms with E-state index in [1.165, 1.54) is 4.90 Å². The minimum Gasteiger partial charge on any atom is -0.471 e. The highest BCUT2D eigenvalue weighted by molar-refractivity contribution is 5.66. The van der Waals surface area contributed by atoms with Crippen LogP contribution in [0.1, 0.15) is 0 Å². The fraction of sp³-hybridized carbons (Fsp3) is 0.200. The number of hydrogen-bond acceptors (Lipinski definition) is 3. The third kappa shape index (κ3) is 2.56. The summed E-state index contributed by atoms with van der Waals surface area (Å²) in [6.45, 7) is 0.800. The Morgan fingerprint density at radius 1 is 1.15 bits per heavy atom. The molecule has 1 N–H and O–H groups in total. The Hall–Kier alpha value is -2.56. The molecule has 0 aliphatic carbocycles. The molecule has 3 rings (SSSR count). The minimum absolute atomic E-state index is 0.0961. The van der Waals surface area contributed by atoms with Gasteiger partial charge in [0.25, 0.3) is 0 Å². The van der Waals surface area contributed by atoms with Gasteiger partial charge in [-0.1, -0.05) is 30.3 Å². The standard InChI is InChI=1S/C15H14N2O3/c18-15(19)17-9-13(10-17)20-14-7-6-12(8-16-14)11-4-2-1-3-5-11/h1-8,13H,9-10H2,(H,18,19). The molecule has 5 heteroatoms. The van der Waals surface area contributed by atoms with E-state index in [4.69, 9.17) is 9.84 Å². The van der Waals surface area contributed by atoms with Gasteiger partial charge in [0.1, 0.15) is 6.10 Å². The molecule has 1 aromatic heterocycles. The second-order valence-electron chi connectivity index (χ2n) is 4.68. The Morgan fingerprint density at radius 3 is 2.50 bits per heavy atom. The number of nitrogens with zero attached hydrogens (tertiary/aromatic N) is 2. The van der Waals surface area contributed by atoms with Gasteiger partial charge in [0.2, 0.25) is 5.88 Å². The molecule has 1 aliphatic rings. The average molecular weight is 270 g/mol. The number of carboxylic acid groups (broad SMARTS) is 1. The highest BCUT2D eigenvalue weighted by atomic mass is 16.5. The third-order valence-electron chi connectivity index (χ3n) is 3.25. The molecule has 1 aromatic carbocycles. The molecule has 1 aliphatic heterocycles. The lowest BCUT2D eigenvalue weighted by Crippen LogP contribution is -2.55. The van der Waals surface area contributed by atoms with Gasteiger partial charge >= 0.3 is 6.09 Å². The van der Waals surface area contributed by atoms with Gasteiger partial charge in [-0.15, -0.1) is 0 Å². The molecule has 0 saturated carbocycles. The lowest BCUT2D eigenvalue weighted by molar-refractivity contribution is 0.0228. The summed E-state index contributed by atoms with van der Waals surface area (Å²) in [6, 6.07) is 13.7. The van der Waals surface area contributed by atoms with Gasteiger partial charge in [-0.3, -0.25) is 0 Å². The molecular formula is C15H14N2O3. The lowest BCUT2D eigenvalue weighted by atomic mass is 10.1. The average Bonchev–Trinajstić information content (AvgIpc) is 2.43. The van der Waals surface area contributed by atoms with Crippen LogP contribution in [-0.2, 0) is 0 Å². The maximum Gasteiger partial charge on any atom is 0.407 e. The number of amides is 1. The maximum absolute atomic E-state index is 10.6. The SMILES string of the molecule is O=C(O)N1CC(Oc2ccc(-c3ccccc3)cn2)C1. The Bertz CT molecular complexity index is 592. The van der Waals surface area contributed by atoms with Gasteiger partial charge in [-0.2, -0.15) is 0 Å². The summed E-state index contributed by atoms with van der Waals surface area (Å²) in [5.41, 5.74) is 2.13. The van der Waals surface area contributed by atoms with Crippen molar-refractivity contribution in [2.24, 2.45) is 0 Å².